The predicted octanol–water partition coefficient (Wildman–Crippen LogP) is 4.46. The van der Waals surface area contributed by atoms with Crippen molar-refractivity contribution in [3.8, 4) is 17.3 Å². The van der Waals surface area contributed by atoms with Crippen LogP contribution in [0.2, 0.25) is 5.02 Å². The standard InChI is InChI=1S/C25H24ClN5O2/c1-15-3-5-16(6-4-15)13-31-22(18-8-7-17(11-19(18)26)12-20(27)32)30-21-23(31)28-14-29-24(21)33-25(2)9-10-25/h3-8,11,14H,9-10,12-13H2,1-2H3,(H2,27,32). The molecule has 1 amide bonds. The SMILES string of the molecule is Cc1ccc(Cn2c(-c3ccc(CC(N)=O)cc3Cl)nc3c(OC4(C)CC4)ncnc32)cc1. The molecule has 0 atom stereocenters. The predicted molar refractivity (Wildman–Crippen MR) is 127 cm³/mol. The highest BCUT2D eigenvalue weighted by molar-refractivity contribution is 6.33. The number of carbonyl (C=O) groups is 1. The first-order chi connectivity index (χ1) is 15.8. The zero-order chi connectivity index (χ0) is 23.2. The molecule has 8 heteroatoms. The number of nitrogens with two attached hydrogens (primary N) is 1. The fourth-order valence-corrected chi connectivity index (χ4v) is 4.07. The number of aryl methyl sites for hydroxylation is 1. The highest BCUT2D eigenvalue weighted by atomic mass is 35.5. The highest BCUT2D eigenvalue weighted by Crippen LogP contribution is 2.41. The third-order valence-corrected chi connectivity index (χ3v) is 6.22. The number of imidazole rings is 1. The Balaban J connectivity index is 1.65. The van der Waals surface area contributed by atoms with Gasteiger partial charge < -0.3 is 15.0 Å². The average molecular weight is 462 g/mol. The van der Waals surface area contributed by atoms with E-state index in [9.17, 15) is 4.79 Å². The van der Waals surface area contributed by atoms with Crippen LogP contribution in [0.1, 0.15) is 36.5 Å². The van der Waals surface area contributed by atoms with Crippen LogP contribution >= 0.6 is 11.6 Å². The quantitative estimate of drug-likeness (QED) is 0.438. The van der Waals surface area contributed by atoms with Gasteiger partial charge in [0.15, 0.2) is 11.2 Å². The van der Waals surface area contributed by atoms with Crippen molar-refractivity contribution < 1.29 is 9.53 Å². The first-order valence-corrected chi connectivity index (χ1v) is 11.2. The minimum absolute atomic E-state index is 0.127. The number of aromatic nitrogens is 4. The molecule has 2 aromatic carbocycles. The Labute approximate surface area is 196 Å². The minimum Gasteiger partial charge on any atom is -0.470 e. The van der Waals surface area contributed by atoms with Gasteiger partial charge in [0.1, 0.15) is 17.8 Å². The molecular weight excluding hydrogens is 438 g/mol. The number of benzene rings is 2. The Hall–Kier alpha value is -3.45. The molecule has 0 bridgehead atoms. The molecule has 7 nitrogen and oxygen atoms in total. The van der Waals surface area contributed by atoms with E-state index in [1.54, 1.807) is 6.07 Å². The molecule has 2 aromatic heterocycles. The normalized spacial score (nSPS) is 14.4. The number of hydrogen-bond acceptors (Lipinski definition) is 5. The van der Waals surface area contributed by atoms with Gasteiger partial charge >= 0.3 is 0 Å². The molecule has 0 spiro atoms. The Kier molecular flexibility index (Phi) is 5.29. The largest absolute Gasteiger partial charge is 0.470 e. The van der Waals surface area contributed by atoms with Crippen molar-refractivity contribution in [2.75, 3.05) is 0 Å². The van der Waals surface area contributed by atoms with Gasteiger partial charge in [-0.05, 0) is 49.9 Å². The van der Waals surface area contributed by atoms with Crippen molar-refractivity contribution in [2.24, 2.45) is 5.73 Å². The molecule has 1 fully saturated rings. The van der Waals surface area contributed by atoms with Crippen LogP contribution in [0.5, 0.6) is 5.88 Å². The molecule has 0 aliphatic heterocycles. The number of amides is 1. The molecule has 2 N–H and O–H groups in total. The minimum atomic E-state index is -0.406. The lowest BCUT2D eigenvalue weighted by Gasteiger charge is -2.12. The second kappa shape index (κ2) is 8.15. The molecule has 5 rings (SSSR count). The summed E-state index contributed by atoms with van der Waals surface area (Å²) < 4.78 is 8.20. The van der Waals surface area contributed by atoms with E-state index in [-0.39, 0.29) is 12.0 Å². The molecule has 2 heterocycles. The Bertz CT molecular complexity index is 1360. The van der Waals surface area contributed by atoms with E-state index in [4.69, 9.17) is 27.1 Å². The van der Waals surface area contributed by atoms with Crippen molar-refractivity contribution in [1.29, 1.82) is 0 Å². The fraction of sp³-hybridized carbons (Fsp3) is 0.280. The van der Waals surface area contributed by atoms with Gasteiger partial charge in [0.25, 0.3) is 0 Å². The topological polar surface area (TPSA) is 95.9 Å². The summed E-state index contributed by atoms with van der Waals surface area (Å²) in [5.74, 6) is 0.730. The van der Waals surface area contributed by atoms with Crippen molar-refractivity contribution in [3.05, 3.63) is 70.5 Å². The number of halogens is 1. The van der Waals surface area contributed by atoms with Crippen LogP contribution < -0.4 is 10.5 Å². The number of rotatable bonds is 7. The maximum absolute atomic E-state index is 11.3. The van der Waals surface area contributed by atoms with Gasteiger partial charge in [-0.1, -0.05) is 47.5 Å². The summed E-state index contributed by atoms with van der Waals surface area (Å²) in [6, 6.07) is 13.8. The van der Waals surface area contributed by atoms with Gasteiger partial charge in [-0.25, -0.2) is 9.97 Å². The van der Waals surface area contributed by atoms with Crippen molar-refractivity contribution >= 4 is 28.7 Å². The second-order valence-corrected chi connectivity index (χ2v) is 9.27. The summed E-state index contributed by atoms with van der Waals surface area (Å²) in [6.07, 6.45) is 3.62. The van der Waals surface area contributed by atoms with Crippen LogP contribution in [0.3, 0.4) is 0 Å². The molecule has 0 unspecified atom stereocenters. The molecule has 0 saturated heterocycles. The van der Waals surface area contributed by atoms with Crippen molar-refractivity contribution in [1.82, 2.24) is 19.5 Å². The van der Waals surface area contributed by atoms with Crippen LogP contribution in [0, 0.1) is 6.92 Å². The lowest BCUT2D eigenvalue weighted by atomic mass is 10.1. The Morgan fingerprint density at radius 3 is 2.55 bits per heavy atom. The van der Waals surface area contributed by atoms with Crippen molar-refractivity contribution in [3.63, 3.8) is 0 Å². The molecule has 33 heavy (non-hydrogen) atoms. The van der Waals surface area contributed by atoms with E-state index >= 15 is 0 Å². The summed E-state index contributed by atoms with van der Waals surface area (Å²) in [5, 5.41) is 0.485. The maximum Gasteiger partial charge on any atom is 0.245 e. The molecule has 1 aliphatic rings. The van der Waals surface area contributed by atoms with Crippen molar-refractivity contribution in [2.45, 2.75) is 45.3 Å². The van der Waals surface area contributed by atoms with Gasteiger partial charge in [-0.3, -0.25) is 4.79 Å². The zero-order valence-electron chi connectivity index (χ0n) is 18.5. The van der Waals surface area contributed by atoms with Gasteiger partial charge in [0.2, 0.25) is 11.8 Å². The second-order valence-electron chi connectivity index (χ2n) is 8.87. The fourth-order valence-electron chi connectivity index (χ4n) is 3.78. The molecular formula is C25H24ClN5O2. The summed E-state index contributed by atoms with van der Waals surface area (Å²) in [7, 11) is 0. The number of ether oxygens (including phenoxy) is 1. The monoisotopic (exact) mass is 461 g/mol. The third kappa shape index (κ3) is 4.41. The Morgan fingerprint density at radius 1 is 1.15 bits per heavy atom. The van der Waals surface area contributed by atoms with Crippen LogP contribution in [0.15, 0.2) is 48.8 Å². The zero-order valence-corrected chi connectivity index (χ0v) is 19.3. The van der Waals surface area contributed by atoms with E-state index in [0.29, 0.717) is 34.4 Å². The van der Waals surface area contributed by atoms with E-state index < -0.39 is 5.91 Å². The van der Waals surface area contributed by atoms with Crippen LogP contribution in [0.25, 0.3) is 22.6 Å². The summed E-state index contributed by atoms with van der Waals surface area (Å²) >= 11 is 6.65. The lowest BCUT2D eigenvalue weighted by molar-refractivity contribution is -0.117. The highest BCUT2D eigenvalue weighted by Gasteiger charge is 2.41. The van der Waals surface area contributed by atoms with Gasteiger partial charge in [-0.15, -0.1) is 0 Å². The van der Waals surface area contributed by atoms with Crippen LogP contribution in [-0.4, -0.2) is 31.0 Å². The number of fused-ring (bicyclic) bond motifs is 1. The third-order valence-electron chi connectivity index (χ3n) is 5.91. The number of carbonyl (C=O) groups excluding carboxylic acids is 1. The first kappa shape index (κ1) is 21.4. The molecule has 0 radical (unpaired) electrons. The smallest absolute Gasteiger partial charge is 0.245 e. The van der Waals surface area contributed by atoms with E-state index in [1.807, 2.05) is 16.7 Å². The molecule has 168 valence electrons. The van der Waals surface area contributed by atoms with E-state index in [0.717, 1.165) is 29.5 Å². The van der Waals surface area contributed by atoms with Gasteiger partial charge in [0, 0.05) is 5.56 Å². The molecule has 1 aliphatic carbocycles. The van der Waals surface area contributed by atoms with Crippen LogP contribution in [-0.2, 0) is 17.8 Å². The summed E-state index contributed by atoms with van der Waals surface area (Å²) in [6.45, 7) is 4.68. The summed E-state index contributed by atoms with van der Waals surface area (Å²) in [5.41, 5.74) is 10.2. The summed E-state index contributed by atoms with van der Waals surface area (Å²) in [4.78, 5) is 25.1. The molecule has 4 aromatic rings. The molecule has 1 saturated carbocycles. The number of hydrogen-bond donors (Lipinski definition) is 1. The number of nitrogens with zero attached hydrogens (tertiary/aromatic N) is 4. The van der Waals surface area contributed by atoms with Crippen LogP contribution in [0.4, 0.5) is 0 Å². The van der Waals surface area contributed by atoms with Gasteiger partial charge in [0.05, 0.1) is 18.0 Å². The maximum atomic E-state index is 11.3. The lowest BCUT2D eigenvalue weighted by Crippen LogP contribution is -2.13. The Morgan fingerprint density at radius 2 is 1.88 bits per heavy atom. The van der Waals surface area contributed by atoms with E-state index in [1.165, 1.54) is 11.9 Å². The first-order valence-electron chi connectivity index (χ1n) is 10.8. The van der Waals surface area contributed by atoms with E-state index in [2.05, 4.69) is 48.1 Å². The van der Waals surface area contributed by atoms with Gasteiger partial charge in [-0.2, -0.15) is 4.98 Å². The average Bonchev–Trinajstić information content (AvgIpc) is 3.38. The number of primary amides is 1.